The van der Waals surface area contributed by atoms with Crippen LogP contribution >= 0.6 is 11.6 Å². The summed E-state index contributed by atoms with van der Waals surface area (Å²) in [6, 6.07) is 9.27. The lowest BCUT2D eigenvalue weighted by Crippen LogP contribution is -2.26. The molecule has 1 aromatic heterocycles. The second-order valence-electron chi connectivity index (χ2n) is 7.85. The molecule has 0 fully saturated rings. The highest BCUT2D eigenvalue weighted by atomic mass is 35.5. The fraction of sp³-hybridized carbons (Fsp3) is 0.259. The molecule has 0 bridgehead atoms. The van der Waals surface area contributed by atoms with E-state index in [1.165, 1.54) is 5.57 Å². The van der Waals surface area contributed by atoms with Crippen LogP contribution in [0.5, 0.6) is 0 Å². The lowest BCUT2D eigenvalue weighted by molar-refractivity contribution is -0.131. The minimum absolute atomic E-state index is 0.191. The number of nitrogens with zero attached hydrogens (tertiary/aromatic N) is 1. The summed E-state index contributed by atoms with van der Waals surface area (Å²) >= 11 is 6.20. The van der Waals surface area contributed by atoms with Crippen LogP contribution in [0.2, 0.25) is 5.02 Å². The van der Waals surface area contributed by atoms with E-state index in [9.17, 15) is 9.59 Å². The SMILES string of the molecule is CCC1=CC(OCc2c(C)cc(Cl)c(=O)n2CCc2ccc(/C=C/C(=O)O)cc2)=CCC=C1. The minimum atomic E-state index is -0.984. The van der Waals surface area contributed by atoms with Crippen molar-refractivity contribution in [2.45, 2.75) is 46.3 Å². The Balaban J connectivity index is 1.77. The molecule has 0 amide bonds. The standard InChI is InChI=1S/C27H28ClNO4/c1-3-20-6-4-5-7-23(17-20)33-18-25-19(2)16-24(28)27(32)29(25)15-14-22-10-8-21(9-11-22)12-13-26(30)31/h4,6-13,16-17H,3,5,14-15,18H2,1-2H3,(H,30,31)/b13-12+. The fourth-order valence-electron chi connectivity index (χ4n) is 3.60. The molecule has 33 heavy (non-hydrogen) atoms. The summed E-state index contributed by atoms with van der Waals surface area (Å²) in [4.78, 5) is 23.5. The third kappa shape index (κ3) is 6.83. The van der Waals surface area contributed by atoms with Crippen LogP contribution in [-0.4, -0.2) is 15.6 Å². The Bertz CT molecular complexity index is 1180. The molecule has 0 aliphatic heterocycles. The summed E-state index contributed by atoms with van der Waals surface area (Å²) < 4.78 is 7.79. The zero-order valence-corrected chi connectivity index (χ0v) is 19.6. The first kappa shape index (κ1) is 24.3. The number of hydrogen-bond donors (Lipinski definition) is 1. The predicted molar refractivity (Wildman–Crippen MR) is 132 cm³/mol. The van der Waals surface area contributed by atoms with E-state index in [1.54, 1.807) is 16.7 Å². The van der Waals surface area contributed by atoms with E-state index in [4.69, 9.17) is 21.4 Å². The van der Waals surface area contributed by atoms with Crippen molar-refractivity contribution in [3.63, 3.8) is 0 Å². The molecule has 2 aromatic rings. The second kappa shape index (κ2) is 11.5. The van der Waals surface area contributed by atoms with Gasteiger partial charge in [0.05, 0.1) is 5.69 Å². The number of halogens is 1. The Labute approximate surface area is 199 Å². The maximum Gasteiger partial charge on any atom is 0.328 e. The molecule has 1 aliphatic carbocycles. The lowest BCUT2D eigenvalue weighted by atomic mass is 10.1. The van der Waals surface area contributed by atoms with Crippen molar-refractivity contribution < 1.29 is 14.6 Å². The van der Waals surface area contributed by atoms with E-state index >= 15 is 0 Å². The number of aromatic nitrogens is 1. The maximum absolute atomic E-state index is 12.8. The number of benzene rings is 1. The summed E-state index contributed by atoms with van der Waals surface area (Å²) in [6.45, 7) is 4.77. The molecule has 0 atom stereocenters. The Morgan fingerprint density at radius 3 is 2.73 bits per heavy atom. The van der Waals surface area contributed by atoms with E-state index in [1.807, 2.05) is 43.3 Å². The number of ether oxygens (including phenoxy) is 1. The van der Waals surface area contributed by atoms with Crippen molar-refractivity contribution in [3.05, 3.63) is 110 Å². The van der Waals surface area contributed by atoms with Crippen LogP contribution in [0.4, 0.5) is 0 Å². The van der Waals surface area contributed by atoms with E-state index in [2.05, 4.69) is 19.1 Å². The fourth-order valence-corrected chi connectivity index (χ4v) is 3.86. The number of aliphatic carboxylic acids is 1. The molecule has 1 N–H and O–H groups in total. The highest BCUT2D eigenvalue weighted by Gasteiger charge is 2.13. The average molecular weight is 466 g/mol. The highest BCUT2D eigenvalue weighted by Crippen LogP contribution is 2.19. The molecule has 0 saturated carbocycles. The number of aryl methyl sites for hydroxylation is 2. The molecular formula is C27H28ClNO4. The molecule has 0 radical (unpaired) electrons. The van der Waals surface area contributed by atoms with Crippen LogP contribution in [0.15, 0.2) is 76.8 Å². The first-order valence-electron chi connectivity index (χ1n) is 11.0. The second-order valence-corrected chi connectivity index (χ2v) is 8.26. The number of carbonyl (C=O) groups is 1. The van der Waals surface area contributed by atoms with Gasteiger partial charge in [0.25, 0.3) is 5.56 Å². The van der Waals surface area contributed by atoms with Crippen LogP contribution in [0.1, 0.15) is 42.1 Å². The van der Waals surface area contributed by atoms with Gasteiger partial charge in [-0.1, -0.05) is 54.9 Å². The van der Waals surface area contributed by atoms with Gasteiger partial charge in [0.1, 0.15) is 17.4 Å². The van der Waals surface area contributed by atoms with Gasteiger partial charge in [-0.2, -0.15) is 0 Å². The first-order chi connectivity index (χ1) is 15.9. The van der Waals surface area contributed by atoms with Gasteiger partial charge in [0.15, 0.2) is 0 Å². The summed E-state index contributed by atoms with van der Waals surface area (Å²) in [5.74, 6) is -0.183. The molecule has 6 heteroatoms. The normalized spacial score (nSPS) is 13.5. The topological polar surface area (TPSA) is 68.5 Å². The van der Waals surface area contributed by atoms with Gasteiger partial charge in [-0.15, -0.1) is 0 Å². The Morgan fingerprint density at radius 1 is 1.27 bits per heavy atom. The highest BCUT2D eigenvalue weighted by molar-refractivity contribution is 6.30. The maximum atomic E-state index is 12.8. The summed E-state index contributed by atoms with van der Waals surface area (Å²) in [5.41, 5.74) is 4.51. The van der Waals surface area contributed by atoms with E-state index < -0.39 is 5.97 Å². The molecule has 1 heterocycles. The molecule has 0 saturated heterocycles. The Morgan fingerprint density at radius 2 is 2.03 bits per heavy atom. The van der Waals surface area contributed by atoms with E-state index in [0.717, 1.165) is 47.1 Å². The van der Waals surface area contributed by atoms with Gasteiger partial charge in [-0.05, 0) is 72.7 Å². The lowest BCUT2D eigenvalue weighted by Gasteiger charge is -2.17. The van der Waals surface area contributed by atoms with Crippen molar-refractivity contribution in [2.75, 3.05) is 0 Å². The quantitative estimate of drug-likeness (QED) is 0.472. The number of hydrogen-bond acceptors (Lipinski definition) is 3. The van der Waals surface area contributed by atoms with Gasteiger partial charge in [-0.25, -0.2) is 4.79 Å². The third-order valence-electron chi connectivity index (χ3n) is 5.49. The van der Waals surface area contributed by atoms with Gasteiger partial charge >= 0.3 is 5.97 Å². The molecule has 1 aromatic carbocycles. The number of pyridine rings is 1. The third-order valence-corrected chi connectivity index (χ3v) is 5.77. The van der Waals surface area contributed by atoms with Crippen molar-refractivity contribution in [3.8, 4) is 0 Å². The summed E-state index contributed by atoms with van der Waals surface area (Å²) in [7, 11) is 0. The molecular weight excluding hydrogens is 438 g/mol. The van der Waals surface area contributed by atoms with Crippen LogP contribution < -0.4 is 5.56 Å². The van der Waals surface area contributed by atoms with Gasteiger partial charge in [-0.3, -0.25) is 4.79 Å². The molecule has 0 unspecified atom stereocenters. The van der Waals surface area contributed by atoms with E-state index in [-0.39, 0.29) is 17.2 Å². The number of carboxylic acids is 1. The molecule has 1 aliphatic rings. The van der Waals surface area contributed by atoms with Crippen molar-refractivity contribution in [2.24, 2.45) is 0 Å². The van der Waals surface area contributed by atoms with Gasteiger partial charge < -0.3 is 14.4 Å². The zero-order chi connectivity index (χ0) is 23.8. The Hall–Kier alpha value is -3.31. The van der Waals surface area contributed by atoms with Crippen molar-refractivity contribution >= 4 is 23.6 Å². The minimum Gasteiger partial charge on any atom is -0.488 e. The van der Waals surface area contributed by atoms with Crippen molar-refractivity contribution in [1.82, 2.24) is 4.57 Å². The predicted octanol–water partition coefficient (Wildman–Crippen LogP) is 5.85. The number of rotatable bonds is 9. The first-order valence-corrected chi connectivity index (χ1v) is 11.3. The molecule has 172 valence electrons. The van der Waals surface area contributed by atoms with Crippen LogP contribution in [0, 0.1) is 6.92 Å². The average Bonchev–Trinajstić information content (AvgIpc) is 3.04. The Kier molecular flexibility index (Phi) is 8.50. The van der Waals surface area contributed by atoms with Gasteiger partial charge in [0.2, 0.25) is 0 Å². The van der Waals surface area contributed by atoms with Crippen molar-refractivity contribution in [1.29, 1.82) is 0 Å². The summed E-state index contributed by atoms with van der Waals surface area (Å²) in [6.07, 6.45) is 13.3. The molecule has 5 nitrogen and oxygen atoms in total. The summed E-state index contributed by atoms with van der Waals surface area (Å²) in [5, 5.41) is 8.94. The largest absolute Gasteiger partial charge is 0.488 e. The smallest absolute Gasteiger partial charge is 0.328 e. The number of allylic oxidation sites excluding steroid dienone is 5. The zero-order valence-electron chi connectivity index (χ0n) is 18.9. The van der Waals surface area contributed by atoms with E-state index in [0.29, 0.717) is 13.0 Å². The van der Waals surface area contributed by atoms with Crippen LogP contribution in [0.25, 0.3) is 6.08 Å². The molecule has 3 rings (SSSR count). The van der Waals surface area contributed by atoms with Crippen LogP contribution in [0.3, 0.4) is 0 Å². The number of carboxylic acid groups (broad SMARTS) is 1. The van der Waals surface area contributed by atoms with Crippen LogP contribution in [-0.2, 0) is 29.1 Å². The monoisotopic (exact) mass is 465 g/mol. The molecule has 0 spiro atoms. The van der Waals surface area contributed by atoms with Gasteiger partial charge in [0, 0.05) is 12.6 Å².